The van der Waals surface area contributed by atoms with Gasteiger partial charge >= 0.3 is 34.6 Å². The molecular weight excluding hydrogens is 271 g/mol. The minimum atomic E-state index is -0.543. The van der Waals surface area contributed by atoms with Gasteiger partial charge in [0.15, 0.2) is 0 Å². The second kappa shape index (κ2) is 7.99. The standard InChI is InChI=1S/C7H8S.3CH3.Sn/c8-6-7-4-2-1-3-5-7;;;;/h1-5,8H,6H2;3*1H3;/q;;;;+1/p-1. The first-order valence-corrected chi connectivity index (χ1v) is 13.2. The number of hydrogen-bond acceptors (Lipinski definition) is 1. The number of benzene rings is 1. The molecule has 0 spiro atoms. The summed E-state index contributed by atoms with van der Waals surface area (Å²) in [6, 6.07) is 10.1. The van der Waals surface area contributed by atoms with Crippen LogP contribution >= 0.6 is 0 Å². The van der Waals surface area contributed by atoms with Gasteiger partial charge in [0.2, 0.25) is 0 Å². The van der Waals surface area contributed by atoms with Crippen molar-refractivity contribution in [3.63, 3.8) is 0 Å². The molecule has 0 fully saturated rings. The summed E-state index contributed by atoms with van der Waals surface area (Å²) in [5.41, 5.74) is 1.22. The fourth-order valence-electron chi connectivity index (χ4n) is 0.574. The summed E-state index contributed by atoms with van der Waals surface area (Å²) in [6.45, 7) is 0. The van der Waals surface area contributed by atoms with Crippen LogP contribution in [0.2, 0.25) is 14.8 Å². The van der Waals surface area contributed by atoms with E-state index in [-0.39, 0.29) is 0 Å². The predicted octanol–water partition coefficient (Wildman–Crippen LogP) is 3.10. The van der Waals surface area contributed by atoms with E-state index in [9.17, 15) is 0 Å². The molecule has 1 aromatic rings. The molecule has 0 amide bonds. The largest absolute Gasteiger partial charge is 0.788 e. The zero-order valence-corrected chi connectivity index (χ0v) is 11.7. The van der Waals surface area contributed by atoms with E-state index in [1.807, 2.05) is 30.3 Å². The van der Waals surface area contributed by atoms with Crippen LogP contribution in [0.3, 0.4) is 0 Å². The van der Waals surface area contributed by atoms with Crippen LogP contribution in [0.1, 0.15) is 5.56 Å². The van der Waals surface area contributed by atoms with Gasteiger partial charge in [-0.2, -0.15) is 5.75 Å². The van der Waals surface area contributed by atoms with E-state index < -0.39 is 19.8 Å². The molecule has 0 aliphatic rings. The average molecular weight is 287 g/mol. The van der Waals surface area contributed by atoms with Crippen molar-refractivity contribution in [3.8, 4) is 0 Å². The summed E-state index contributed by atoms with van der Waals surface area (Å²) in [5.74, 6) is 0.723. The van der Waals surface area contributed by atoms with Crippen molar-refractivity contribution < 1.29 is 0 Å². The van der Waals surface area contributed by atoms with E-state index in [1.54, 1.807) is 0 Å². The maximum atomic E-state index is 4.82. The summed E-state index contributed by atoms with van der Waals surface area (Å²) in [6.07, 6.45) is 0. The fourth-order valence-corrected chi connectivity index (χ4v) is 0.767. The second-order valence-corrected chi connectivity index (χ2v) is 12.0. The SMILES string of the molecule is [CH3][Sn+]([CH3])[CH3].[S-]Cc1ccccc1. The molecule has 0 radical (unpaired) electrons. The van der Waals surface area contributed by atoms with Crippen LogP contribution in [0.4, 0.5) is 0 Å². The van der Waals surface area contributed by atoms with Gasteiger partial charge in [0, 0.05) is 0 Å². The molecule has 0 atom stereocenters. The third-order valence-corrected chi connectivity index (χ3v) is 1.34. The first kappa shape index (κ1) is 12.4. The van der Waals surface area contributed by atoms with E-state index in [2.05, 4.69) is 14.8 Å². The van der Waals surface area contributed by atoms with Gasteiger partial charge in [0.05, 0.1) is 0 Å². The quantitative estimate of drug-likeness (QED) is 0.565. The Hall–Kier alpha value is 0.369. The Balaban J connectivity index is 0.000000261. The predicted molar refractivity (Wildman–Crippen MR) is 60.9 cm³/mol. The average Bonchev–Trinajstić information content (AvgIpc) is 2.05. The zero-order valence-electron chi connectivity index (χ0n) is 8.00. The summed E-state index contributed by atoms with van der Waals surface area (Å²) in [7, 11) is 0. The Kier molecular flexibility index (Phi) is 8.23. The van der Waals surface area contributed by atoms with Crippen molar-refractivity contribution in [2.75, 3.05) is 0 Å². The van der Waals surface area contributed by atoms with Crippen LogP contribution in [0.5, 0.6) is 0 Å². The maximum Gasteiger partial charge on any atom is -0.0610 e. The minimum absolute atomic E-state index is 0.543. The normalized spacial score (nSPS) is 8.33. The van der Waals surface area contributed by atoms with Crippen molar-refractivity contribution in [1.82, 2.24) is 0 Å². The molecule has 1 rings (SSSR count). The van der Waals surface area contributed by atoms with Gasteiger partial charge in [-0.25, -0.2) is 0 Å². The molecular formula is C10H16SSn. The molecule has 0 aliphatic heterocycles. The van der Waals surface area contributed by atoms with Gasteiger partial charge < -0.3 is 12.6 Å². The first-order chi connectivity index (χ1) is 5.66. The molecule has 0 nitrogen and oxygen atoms in total. The van der Waals surface area contributed by atoms with Crippen molar-refractivity contribution in [1.29, 1.82) is 0 Å². The van der Waals surface area contributed by atoms with Gasteiger partial charge in [-0.3, -0.25) is 0 Å². The Morgan fingerprint density at radius 1 is 1.08 bits per heavy atom. The Morgan fingerprint density at radius 3 is 1.75 bits per heavy atom. The van der Waals surface area contributed by atoms with Crippen LogP contribution in [-0.4, -0.2) is 19.8 Å². The van der Waals surface area contributed by atoms with Crippen LogP contribution in [0, 0.1) is 0 Å². The second-order valence-electron chi connectivity index (χ2n) is 3.13. The molecule has 1 aromatic carbocycles. The molecule has 0 aromatic heterocycles. The fraction of sp³-hybridized carbons (Fsp3) is 0.400. The van der Waals surface area contributed by atoms with Gasteiger partial charge in [0.25, 0.3) is 0 Å². The monoisotopic (exact) mass is 288 g/mol. The Labute approximate surface area is 88.5 Å². The molecule has 0 heterocycles. The van der Waals surface area contributed by atoms with Crippen LogP contribution < -0.4 is 0 Å². The zero-order chi connectivity index (χ0) is 9.40. The number of rotatable bonds is 1. The molecule has 0 unspecified atom stereocenters. The molecule has 12 heavy (non-hydrogen) atoms. The summed E-state index contributed by atoms with van der Waals surface area (Å²) >= 11 is 4.28. The molecule has 2 heteroatoms. The van der Waals surface area contributed by atoms with Crippen molar-refractivity contribution in [2.45, 2.75) is 20.6 Å². The maximum absolute atomic E-state index is 4.82. The summed E-state index contributed by atoms with van der Waals surface area (Å²) in [5, 5.41) is 0. The molecule has 0 bridgehead atoms. The Morgan fingerprint density at radius 2 is 1.50 bits per heavy atom. The van der Waals surface area contributed by atoms with E-state index >= 15 is 0 Å². The molecule has 0 aliphatic carbocycles. The van der Waals surface area contributed by atoms with E-state index in [1.165, 1.54) is 5.56 Å². The van der Waals surface area contributed by atoms with Crippen molar-refractivity contribution in [2.24, 2.45) is 0 Å². The molecule has 0 saturated heterocycles. The van der Waals surface area contributed by atoms with Crippen LogP contribution in [0.15, 0.2) is 30.3 Å². The van der Waals surface area contributed by atoms with Crippen molar-refractivity contribution >= 4 is 32.4 Å². The van der Waals surface area contributed by atoms with Crippen LogP contribution in [0.25, 0.3) is 0 Å². The van der Waals surface area contributed by atoms with Gasteiger partial charge in [-0.05, 0) is 0 Å². The van der Waals surface area contributed by atoms with E-state index in [0.29, 0.717) is 0 Å². The molecule has 66 valence electrons. The topological polar surface area (TPSA) is 0 Å². The number of hydrogen-bond donors (Lipinski definition) is 0. The summed E-state index contributed by atoms with van der Waals surface area (Å²) < 4.78 is 0. The molecule has 0 N–H and O–H groups in total. The third kappa shape index (κ3) is 8.47. The van der Waals surface area contributed by atoms with Crippen molar-refractivity contribution in [3.05, 3.63) is 35.9 Å². The first-order valence-electron chi connectivity index (χ1n) is 4.05. The minimum Gasteiger partial charge on any atom is -0.788 e. The Bertz CT molecular complexity index is 182. The molecule has 0 saturated carbocycles. The summed E-state index contributed by atoms with van der Waals surface area (Å²) in [4.78, 5) is 7.09. The van der Waals surface area contributed by atoms with E-state index in [4.69, 9.17) is 12.6 Å². The van der Waals surface area contributed by atoms with Gasteiger partial charge in [-0.15, -0.1) is 0 Å². The smallest absolute Gasteiger partial charge is 0.0610 e. The van der Waals surface area contributed by atoms with Crippen LogP contribution in [-0.2, 0) is 18.4 Å². The van der Waals surface area contributed by atoms with Gasteiger partial charge in [-0.1, -0.05) is 35.9 Å². The van der Waals surface area contributed by atoms with E-state index in [0.717, 1.165) is 5.75 Å². The van der Waals surface area contributed by atoms with Gasteiger partial charge in [0.1, 0.15) is 0 Å². The third-order valence-electron chi connectivity index (χ3n) is 1.01.